The molecule has 0 aromatic heterocycles. The van der Waals surface area contributed by atoms with E-state index in [0.717, 1.165) is 4.90 Å². The van der Waals surface area contributed by atoms with Gasteiger partial charge in [0.25, 0.3) is 5.91 Å². The molecule has 1 atom stereocenters. The van der Waals surface area contributed by atoms with Crippen LogP contribution >= 0.6 is 23.4 Å². The van der Waals surface area contributed by atoms with Crippen molar-refractivity contribution < 1.29 is 19.1 Å². The third-order valence-corrected chi connectivity index (χ3v) is 5.79. The normalized spacial score (nSPS) is 14.8. The van der Waals surface area contributed by atoms with Crippen molar-refractivity contribution in [2.24, 2.45) is 0 Å². The van der Waals surface area contributed by atoms with Crippen molar-refractivity contribution >= 4 is 52.5 Å². The molecule has 3 rings (SSSR count). The van der Waals surface area contributed by atoms with Crippen LogP contribution in [0.25, 0.3) is 0 Å². The van der Waals surface area contributed by atoms with Crippen LogP contribution in [0.15, 0.2) is 53.4 Å². The number of thioether (sulfide) groups is 1. The molecule has 0 spiro atoms. The highest BCUT2D eigenvalue weighted by molar-refractivity contribution is 8.01. The second-order valence-electron chi connectivity index (χ2n) is 6.39. The summed E-state index contributed by atoms with van der Waals surface area (Å²) in [6, 6.07) is 15.9. The van der Waals surface area contributed by atoms with Crippen LogP contribution in [0, 0.1) is 11.3 Å². The van der Waals surface area contributed by atoms with E-state index in [2.05, 4.69) is 5.32 Å². The summed E-state index contributed by atoms with van der Waals surface area (Å²) in [6.07, 6.45) is -0.0437. The average Bonchev–Trinajstić information content (AvgIpc) is 2.73. The van der Waals surface area contributed by atoms with Crippen LogP contribution in [-0.4, -0.2) is 36.2 Å². The number of esters is 1. The Kier molecular flexibility index (Phi) is 7.33. The van der Waals surface area contributed by atoms with E-state index in [1.54, 1.807) is 30.3 Å². The molecule has 2 aromatic carbocycles. The standard InChI is InChI=1S/C21H18ClN3O4S/c22-14-5-3-6-15(11-14)25(10-4-9-23)19(26)13-29-20(27)12-18-21(28)24-16-7-1-2-8-17(16)30-18/h1-3,5-8,11,18H,4,10,12-13H2,(H,24,28). The molecule has 0 aliphatic carbocycles. The first-order valence-electron chi connectivity index (χ1n) is 9.13. The fourth-order valence-electron chi connectivity index (χ4n) is 2.86. The Morgan fingerprint density at radius 2 is 2.03 bits per heavy atom. The number of fused-ring (bicyclic) bond motifs is 1. The number of benzene rings is 2. The summed E-state index contributed by atoms with van der Waals surface area (Å²) in [5.41, 5.74) is 1.22. The van der Waals surface area contributed by atoms with E-state index in [-0.39, 0.29) is 25.3 Å². The van der Waals surface area contributed by atoms with Crippen molar-refractivity contribution in [2.75, 3.05) is 23.4 Å². The lowest BCUT2D eigenvalue weighted by Crippen LogP contribution is -2.36. The maximum atomic E-state index is 12.6. The van der Waals surface area contributed by atoms with Crippen molar-refractivity contribution in [3.8, 4) is 6.07 Å². The molecule has 0 saturated heterocycles. The van der Waals surface area contributed by atoms with E-state index in [0.29, 0.717) is 16.4 Å². The van der Waals surface area contributed by atoms with Crippen molar-refractivity contribution in [1.82, 2.24) is 0 Å². The summed E-state index contributed by atoms with van der Waals surface area (Å²) in [6.45, 7) is -0.350. The fraction of sp³-hybridized carbons (Fsp3) is 0.238. The number of carbonyl (C=O) groups is 3. The van der Waals surface area contributed by atoms with E-state index in [9.17, 15) is 14.4 Å². The molecular formula is C21H18ClN3O4S. The molecule has 0 radical (unpaired) electrons. The van der Waals surface area contributed by atoms with Gasteiger partial charge < -0.3 is 15.0 Å². The third kappa shape index (κ3) is 5.53. The molecule has 2 amide bonds. The van der Waals surface area contributed by atoms with Crippen LogP contribution in [0.1, 0.15) is 12.8 Å². The Hall–Kier alpha value is -3.02. The summed E-state index contributed by atoms with van der Waals surface area (Å²) in [5, 5.41) is 11.4. The van der Waals surface area contributed by atoms with E-state index in [1.807, 2.05) is 24.3 Å². The van der Waals surface area contributed by atoms with Crippen LogP contribution in [0.5, 0.6) is 0 Å². The Bertz CT molecular complexity index is 1010. The van der Waals surface area contributed by atoms with Gasteiger partial charge in [0, 0.05) is 22.2 Å². The third-order valence-electron chi connectivity index (χ3n) is 4.28. The van der Waals surface area contributed by atoms with Crippen LogP contribution in [0.4, 0.5) is 11.4 Å². The molecule has 154 valence electrons. The number of hydrogen-bond donors (Lipinski definition) is 1. The Morgan fingerprint density at radius 1 is 1.23 bits per heavy atom. The van der Waals surface area contributed by atoms with Crippen LogP contribution < -0.4 is 10.2 Å². The molecule has 1 heterocycles. The van der Waals surface area contributed by atoms with E-state index in [1.165, 1.54) is 16.7 Å². The molecule has 1 N–H and O–H groups in total. The number of rotatable bonds is 7. The minimum atomic E-state index is -0.651. The Morgan fingerprint density at radius 3 is 2.80 bits per heavy atom. The largest absolute Gasteiger partial charge is 0.456 e. The van der Waals surface area contributed by atoms with E-state index in [4.69, 9.17) is 21.6 Å². The van der Waals surface area contributed by atoms with Gasteiger partial charge in [-0.05, 0) is 30.3 Å². The quantitative estimate of drug-likeness (QED) is 0.656. The van der Waals surface area contributed by atoms with Crippen molar-refractivity contribution in [3.63, 3.8) is 0 Å². The SMILES string of the molecule is N#CCCN(C(=O)COC(=O)CC1Sc2ccccc2NC1=O)c1cccc(Cl)c1. The smallest absolute Gasteiger partial charge is 0.307 e. The second-order valence-corrected chi connectivity index (χ2v) is 8.07. The van der Waals surface area contributed by atoms with E-state index < -0.39 is 23.7 Å². The van der Waals surface area contributed by atoms with Gasteiger partial charge in [-0.15, -0.1) is 11.8 Å². The number of carbonyl (C=O) groups excluding carboxylic acids is 3. The maximum absolute atomic E-state index is 12.6. The average molecular weight is 444 g/mol. The molecule has 0 bridgehead atoms. The first-order chi connectivity index (χ1) is 14.5. The van der Waals surface area contributed by atoms with Gasteiger partial charge in [-0.1, -0.05) is 29.8 Å². The van der Waals surface area contributed by atoms with Crippen molar-refractivity contribution in [3.05, 3.63) is 53.6 Å². The highest BCUT2D eigenvalue weighted by Crippen LogP contribution is 2.36. The van der Waals surface area contributed by atoms with Crippen molar-refractivity contribution in [1.29, 1.82) is 5.26 Å². The zero-order chi connectivity index (χ0) is 21.5. The molecule has 1 aliphatic rings. The van der Waals surface area contributed by atoms with Gasteiger partial charge in [0.1, 0.15) is 0 Å². The zero-order valence-electron chi connectivity index (χ0n) is 15.8. The lowest BCUT2D eigenvalue weighted by molar-refractivity contribution is -0.148. The van der Waals surface area contributed by atoms with Gasteiger partial charge in [0.15, 0.2) is 6.61 Å². The van der Waals surface area contributed by atoms with Crippen LogP contribution in [0.2, 0.25) is 5.02 Å². The molecular weight excluding hydrogens is 426 g/mol. The van der Waals surface area contributed by atoms with Crippen molar-refractivity contribution in [2.45, 2.75) is 23.0 Å². The first-order valence-corrected chi connectivity index (χ1v) is 10.4. The number of nitrogens with zero attached hydrogens (tertiary/aromatic N) is 2. The molecule has 2 aromatic rings. The monoisotopic (exact) mass is 443 g/mol. The van der Waals surface area contributed by atoms with Gasteiger partial charge >= 0.3 is 5.97 Å². The summed E-state index contributed by atoms with van der Waals surface area (Å²) < 4.78 is 5.12. The first kappa shape index (κ1) is 21.7. The van der Waals surface area contributed by atoms with Gasteiger partial charge in [0.05, 0.1) is 29.8 Å². The minimum absolute atomic E-state index is 0.116. The molecule has 1 aliphatic heterocycles. The Labute approximate surface area is 182 Å². The lowest BCUT2D eigenvalue weighted by atomic mass is 10.2. The van der Waals surface area contributed by atoms with E-state index >= 15 is 0 Å². The molecule has 1 unspecified atom stereocenters. The zero-order valence-corrected chi connectivity index (χ0v) is 17.4. The molecule has 7 nitrogen and oxygen atoms in total. The summed E-state index contributed by atoms with van der Waals surface area (Å²) >= 11 is 7.27. The molecule has 0 saturated carbocycles. The number of halogens is 1. The summed E-state index contributed by atoms with van der Waals surface area (Å²) in [5.74, 6) is -1.41. The topological polar surface area (TPSA) is 99.5 Å². The van der Waals surface area contributed by atoms with Crippen LogP contribution in [0.3, 0.4) is 0 Å². The predicted octanol–water partition coefficient (Wildman–Crippen LogP) is 3.63. The number of hydrogen-bond acceptors (Lipinski definition) is 6. The summed E-state index contributed by atoms with van der Waals surface area (Å²) in [4.78, 5) is 39.3. The highest BCUT2D eigenvalue weighted by Gasteiger charge is 2.29. The fourth-order valence-corrected chi connectivity index (χ4v) is 4.14. The number of ether oxygens (including phenoxy) is 1. The number of nitriles is 1. The maximum Gasteiger partial charge on any atom is 0.307 e. The second kappa shape index (κ2) is 10.1. The van der Waals surface area contributed by atoms with Gasteiger partial charge in [-0.3, -0.25) is 14.4 Å². The minimum Gasteiger partial charge on any atom is -0.456 e. The van der Waals surface area contributed by atoms with Gasteiger partial charge in [-0.2, -0.15) is 5.26 Å². The number of para-hydroxylation sites is 1. The summed E-state index contributed by atoms with van der Waals surface area (Å²) in [7, 11) is 0. The van der Waals surface area contributed by atoms with Gasteiger partial charge in [-0.25, -0.2) is 0 Å². The Balaban J connectivity index is 1.58. The highest BCUT2D eigenvalue weighted by atomic mass is 35.5. The number of nitrogens with one attached hydrogen (secondary N) is 1. The van der Waals surface area contributed by atoms with Gasteiger partial charge in [0.2, 0.25) is 5.91 Å². The molecule has 0 fully saturated rings. The predicted molar refractivity (Wildman–Crippen MR) is 114 cm³/mol. The number of amides is 2. The molecule has 30 heavy (non-hydrogen) atoms. The van der Waals surface area contributed by atoms with Crippen LogP contribution in [-0.2, 0) is 19.1 Å². The lowest BCUT2D eigenvalue weighted by Gasteiger charge is -2.24. The number of anilines is 2. The molecule has 9 heteroatoms.